The zero-order chi connectivity index (χ0) is 17.2. The van der Waals surface area contributed by atoms with Crippen LogP contribution in [0.5, 0.6) is 0 Å². The molecule has 0 unspecified atom stereocenters. The third kappa shape index (κ3) is 3.61. The standard InChI is InChI=1S/C15H23N5O3S/c1-2-3-5-15(17-18-15)6-4-14(21)19-11-13(12-19)24(22,23)20-9-7-16-8-10-20/h1,13,16H,3-12H2. The molecule has 0 aliphatic carbocycles. The predicted molar refractivity (Wildman–Crippen MR) is 88.6 cm³/mol. The number of nitrogens with zero attached hydrogens (tertiary/aromatic N) is 4. The molecule has 2 saturated heterocycles. The van der Waals surface area contributed by atoms with Crippen molar-refractivity contribution in [3.8, 4) is 12.3 Å². The molecule has 2 fully saturated rings. The van der Waals surface area contributed by atoms with Crippen LogP contribution in [0.25, 0.3) is 0 Å². The largest absolute Gasteiger partial charge is 0.340 e. The molecule has 3 rings (SSSR count). The lowest BCUT2D eigenvalue weighted by molar-refractivity contribution is -0.134. The number of piperazine rings is 1. The molecule has 3 heterocycles. The zero-order valence-electron chi connectivity index (χ0n) is 13.6. The molecule has 0 saturated carbocycles. The van der Waals surface area contributed by atoms with E-state index in [-0.39, 0.29) is 19.0 Å². The Kier molecular flexibility index (Phi) is 4.90. The van der Waals surface area contributed by atoms with Gasteiger partial charge in [-0.1, -0.05) is 0 Å². The van der Waals surface area contributed by atoms with Crippen LogP contribution in [0.2, 0.25) is 0 Å². The van der Waals surface area contributed by atoms with Crippen molar-refractivity contribution >= 4 is 15.9 Å². The first-order valence-electron chi connectivity index (χ1n) is 8.32. The Bertz CT molecular complexity index is 651. The first-order chi connectivity index (χ1) is 11.5. The molecule has 1 N–H and O–H groups in total. The van der Waals surface area contributed by atoms with Gasteiger partial charge in [0.05, 0.1) is 0 Å². The van der Waals surface area contributed by atoms with Crippen molar-refractivity contribution in [3.05, 3.63) is 0 Å². The summed E-state index contributed by atoms with van der Waals surface area (Å²) in [6, 6.07) is 0. The summed E-state index contributed by atoms with van der Waals surface area (Å²) in [6.07, 6.45) is 7.40. The number of nitrogens with one attached hydrogen (secondary N) is 1. The van der Waals surface area contributed by atoms with Crippen LogP contribution in [0, 0.1) is 12.3 Å². The molecule has 0 bridgehead atoms. The van der Waals surface area contributed by atoms with Crippen molar-refractivity contribution in [1.29, 1.82) is 0 Å². The lowest BCUT2D eigenvalue weighted by Crippen LogP contribution is -2.61. The maximum absolute atomic E-state index is 12.5. The van der Waals surface area contributed by atoms with Crippen LogP contribution in [-0.4, -0.2) is 73.7 Å². The number of hydrogen-bond acceptors (Lipinski definition) is 6. The smallest absolute Gasteiger partial charge is 0.222 e. The Labute approximate surface area is 142 Å². The number of hydrogen-bond donors (Lipinski definition) is 1. The van der Waals surface area contributed by atoms with Gasteiger partial charge in [0.1, 0.15) is 5.25 Å². The molecule has 3 aliphatic rings. The van der Waals surface area contributed by atoms with E-state index in [1.807, 2.05) is 0 Å². The lowest BCUT2D eigenvalue weighted by Gasteiger charge is -2.41. The maximum atomic E-state index is 12.5. The Morgan fingerprint density at radius 1 is 1.25 bits per heavy atom. The molecule has 0 aromatic rings. The molecule has 0 aromatic carbocycles. The number of likely N-dealkylation sites (tertiary alicyclic amines) is 1. The highest BCUT2D eigenvalue weighted by atomic mass is 32.2. The molecule has 0 atom stereocenters. The highest BCUT2D eigenvalue weighted by Crippen LogP contribution is 2.38. The first-order valence-corrected chi connectivity index (χ1v) is 9.82. The van der Waals surface area contributed by atoms with E-state index in [0.717, 1.165) is 0 Å². The van der Waals surface area contributed by atoms with Crippen LogP contribution in [-0.2, 0) is 14.8 Å². The van der Waals surface area contributed by atoms with Crippen LogP contribution in [0.1, 0.15) is 25.7 Å². The Morgan fingerprint density at radius 3 is 2.50 bits per heavy atom. The fourth-order valence-electron chi connectivity index (χ4n) is 3.07. The normalized spacial score (nSPS) is 23.5. The van der Waals surface area contributed by atoms with E-state index in [2.05, 4.69) is 21.5 Å². The lowest BCUT2D eigenvalue weighted by atomic mass is 10.0. The molecular formula is C15H23N5O3S. The van der Waals surface area contributed by atoms with Gasteiger partial charge in [-0.05, 0) is 0 Å². The van der Waals surface area contributed by atoms with Crippen molar-refractivity contribution < 1.29 is 13.2 Å². The predicted octanol–water partition coefficient (Wildman–Crippen LogP) is -0.212. The average Bonchev–Trinajstić information content (AvgIpc) is 3.31. The molecule has 1 amide bonds. The molecule has 0 radical (unpaired) electrons. The summed E-state index contributed by atoms with van der Waals surface area (Å²) in [6.45, 7) is 2.96. The van der Waals surface area contributed by atoms with E-state index in [0.29, 0.717) is 51.9 Å². The minimum atomic E-state index is -3.29. The van der Waals surface area contributed by atoms with Gasteiger partial charge in [0.25, 0.3) is 0 Å². The van der Waals surface area contributed by atoms with Crippen molar-refractivity contribution in [3.63, 3.8) is 0 Å². The Hall–Kier alpha value is -1.50. The second-order valence-electron chi connectivity index (χ2n) is 6.50. The van der Waals surface area contributed by atoms with Crippen LogP contribution >= 0.6 is 0 Å². The van der Waals surface area contributed by atoms with Crippen LogP contribution in [0.15, 0.2) is 10.2 Å². The van der Waals surface area contributed by atoms with E-state index >= 15 is 0 Å². The minimum absolute atomic E-state index is 0.0286. The Morgan fingerprint density at radius 2 is 1.92 bits per heavy atom. The summed E-state index contributed by atoms with van der Waals surface area (Å²) in [5.41, 5.74) is -0.459. The van der Waals surface area contributed by atoms with E-state index in [9.17, 15) is 13.2 Å². The van der Waals surface area contributed by atoms with E-state index in [1.54, 1.807) is 4.90 Å². The number of carbonyl (C=O) groups is 1. The SMILES string of the molecule is C#CCCC1(CCC(=O)N2CC(S(=O)(=O)N3CCNCC3)C2)N=N1. The molecular weight excluding hydrogens is 330 g/mol. The molecule has 8 nitrogen and oxygen atoms in total. The number of sulfonamides is 1. The number of carbonyl (C=O) groups excluding carboxylic acids is 1. The quantitative estimate of drug-likeness (QED) is 0.641. The molecule has 24 heavy (non-hydrogen) atoms. The summed E-state index contributed by atoms with van der Waals surface area (Å²) < 4.78 is 26.5. The van der Waals surface area contributed by atoms with Gasteiger partial charge in [0.2, 0.25) is 15.9 Å². The molecule has 132 valence electrons. The van der Waals surface area contributed by atoms with E-state index in [1.165, 1.54) is 4.31 Å². The summed E-state index contributed by atoms with van der Waals surface area (Å²) in [4.78, 5) is 13.8. The number of rotatable bonds is 7. The second-order valence-corrected chi connectivity index (χ2v) is 8.71. The van der Waals surface area contributed by atoms with Gasteiger partial charge in [-0.3, -0.25) is 4.79 Å². The third-order valence-electron chi connectivity index (χ3n) is 4.85. The fraction of sp³-hybridized carbons (Fsp3) is 0.800. The van der Waals surface area contributed by atoms with Crippen molar-refractivity contribution in [2.24, 2.45) is 10.2 Å². The summed E-state index contributed by atoms with van der Waals surface area (Å²) in [5.74, 6) is 2.53. The Balaban J connectivity index is 1.43. The van der Waals surface area contributed by atoms with Crippen LogP contribution < -0.4 is 5.32 Å². The van der Waals surface area contributed by atoms with Crippen molar-refractivity contribution in [2.75, 3.05) is 39.3 Å². The van der Waals surface area contributed by atoms with Gasteiger partial charge < -0.3 is 10.2 Å². The molecule has 0 spiro atoms. The minimum Gasteiger partial charge on any atom is -0.340 e. The monoisotopic (exact) mass is 353 g/mol. The zero-order valence-corrected chi connectivity index (χ0v) is 14.5. The van der Waals surface area contributed by atoms with Gasteiger partial charge in [-0.2, -0.15) is 14.5 Å². The summed E-state index contributed by atoms with van der Waals surface area (Å²) >= 11 is 0. The topological polar surface area (TPSA) is 94.4 Å². The van der Waals surface area contributed by atoms with E-state index < -0.39 is 20.9 Å². The van der Waals surface area contributed by atoms with Crippen LogP contribution in [0.3, 0.4) is 0 Å². The fourth-order valence-corrected chi connectivity index (χ4v) is 4.92. The first kappa shape index (κ1) is 17.3. The van der Waals surface area contributed by atoms with Crippen LogP contribution in [0.4, 0.5) is 0 Å². The molecule has 3 aliphatic heterocycles. The van der Waals surface area contributed by atoms with Gasteiger partial charge in [0.15, 0.2) is 5.66 Å². The van der Waals surface area contributed by atoms with Gasteiger partial charge in [-0.15, -0.1) is 12.3 Å². The number of terminal acetylenes is 1. The van der Waals surface area contributed by atoms with Crippen molar-refractivity contribution in [1.82, 2.24) is 14.5 Å². The summed E-state index contributed by atoms with van der Waals surface area (Å²) in [5, 5.41) is 10.7. The van der Waals surface area contributed by atoms with E-state index in [4.69, 9.17) is 6.42 Å². The average molecular weight is 353 g/mol. The van der Waals surface area contributed by atoms with Gasteiger partial charge in [-0.25, -0.2) is 8.42 Å². The third-order valence-corrected chi connectivity index (χ3v) is 7.08. The highest BCUT2D eigenvalue weighted by molar-refractivity contribution is 7.89. The van der Waals surface area contributed by atoms with Crippen molar-refractivity contribution in [2.45, 2.75) is 36.6 Å². The molecule has 9 heteroatoms. The van der Waals surface area contributed by atoms with Gasteiger partial charge in [0, 0.05) is 65.0 Å². The highest BCUT2D eigenvalue weighted by Gasteiger charge is 2.44. The maximum Gasteiger partial charge on any atom is 0.222 e. The molecule has 0 aromatic heterocycles. The summed E-state index contributed by atoms with van der Waals surface area (Å²) in [7, 11) is -3.29. The number of amides is 1. The van der Waals surface area contributed by atoms with Gasteiger partial charge >= 0.3 is 0 Å². The second kappa shape index (κ2) is 6.78.